The van der Waals surface area contributed by atoms with Crippen LogP contribution in [0.25, 0.3) is 0 Å². The number of carbonyl (C=O) groups excluding carboxylic acids is 1. The maximum Gasteiger partial charge on any atom is 0.574 e. The number of carbonyl (C=O) groups is 1. The summed E-state index contributed by atoms with van der Waals surface area (Å²) < 4.78 is 44.6. The van der Waals surface area contributed by atoms with E-state index in [-0.39, 0.29) is 6.61 Å². The van der Waals surface area contributed by atoms with E-state index in [4.69, 9.17) is 11.0 Å². The Hall–Kier alpha value is -2.50. The zero-order valence-electron chi connectivity index (χ0n) is 9.61. The topological polar surface area (TPSA) is 98.2 Å². The summed E-state index contributed by atoms with van der Waals surface area (Å²) in [5.41, 5.74) is 4.14. The lowest BCUT2D eigenvalue weighted by atomic mass is 10.1. The number of rotatable bonds is 3. The fourth-order valence-corrected chi connectivity index (χ4v) is 1.20. The van der Waals surface area contributed by atoms with Gasteiger partial charge < -0.3 is 15.2 Å². The Balaban J connectivity index is 3.34. The lowest BCUT2D eigenvalue weighted by Gasteiger charge is -2.12. The third-order valence-electron chi connectivity index (χ3n) is 1.83. The first-order valence-electron chi connectivity index (χ1n) is 4.92. The van der Waals surface area contributed by atoms with Gasteiger partial charge in [-0.05, 0) is 13.0 Å². The highest BCUT2D eigenvalue weighted by Gasteiger charge is 2.34. The molecule has 1 aromatic rings. The number of hydrogen-bond acceptors (Lipinski definition) is 6. The van der Waals surface area contributed by atoms with E-state index in [0.717, 1.165) is 6.07 Å². The van der Waals surface area contributed by atoms with Crippen LogP contribution in [0.2, 0.25) is 0 Å². The summed E-state index contributed by atoms with van der Waals surface area (Å²) in [5.74, 6) is -2.47. The van der Waals surface area contributed by atoms with Crippen LogP contribution in [-0.4, -0.2) is 23.9 Å². The molecular weight excluding hydrogens is 267 g/mol. The number of ether oxygens (including phenoxy) is 2. The number of nitriles is 1. The standard InChI is InChI=1S/C10H8F3N3O3/c1-2-18-9(17)5-3-7(15)16-8(6(5)4-14)19-10(11,12)13/h3H,2H2,1H3,(H2,15,16). The van der Waals surface area contributed by atoms with Crippen molar-refractivity contribution >= 4 is 11.8 Å². The van der Waals surface area contributed by atoms with Crippen molar-refractivity contribution in [2.75, 3.05) is 12.3 Å². The SMILES string of the molecule is CCOC(=O)c1cc(N)nc(OC(F)(F)F)c1C#N. The van der Waals surface area contributed by atoms with Gasteiger partial charge in [0.1, 0.15) is 17.5 Å². The molecule has 2 N–H and O–H groups in total. The molecule has 102 valence electrons. The third-order valence-corrected chi connectivity index (χ3v) is 1.83. The number of alkyl halides is 3. The molecule has 19 heavy (non-hydrogen) atoms. The highest BCUT2D eigenvalue weighted by atomic mass is 19.4. The summed E-state index contributed by atoms with van der Waals surface area (Å²) in [7, 11) is 0. The Bertz CT molecular complexity index is 537. The number of esters is 1. The van der Waals surface area contributed by atoms with Gasteiger partial charge in [-0.25, -0.2) is 4.79 Å². The molecule has 0 saturated heterocycles. The molecule has 0 amide bonds. The van der Waals surface area contributed by atoms with E-state index in [2.05, 4.69) is 14.5 Å². The highest BCUT2D eigenvalue weighted by molar-refractivity contribution is 5.93. The second kappa shape index (κ2) is 5.43. The van der Waals surface area contributed by atoms with Gasteiger partial charge in [-0.2, -0.15) is 10.2 Å². The largest absolute Gasteiger partial charge is 0.574 e. The van der Waals surface area contributed by atoms with E-state index in [1.807, 2.05) is 0 Å². The van der Waals surface area contributed by atoms with E-state index < -0.39 is 35.2 Å². The molecule has 0 radical (unpaired) electrons. The van der Waals surface area contributed by atoms with Crippen molar-refractivity contribution in [3.05, 3.63) is 17.2 Å². The molecular formula is C10H8F3N3O3. The molecule has 1 heterocycles. The van der Waals surface area contributed by atoms with Gasteiger partial charge in [0.05, 0.1) is 12.2 Å². The summed E-state index contributed by atoms with van der Waals surface area (Å²) in [6.45, 7) is 1.49. The first kappa shape index (κ1) is 14.6. The number of halogens is 3. The Kier molecular flexibility index (Phi) is 4.16. The van der Waals surface area contributed by atoms with Gasteiger partial charge in [0.25, 0.3) is 0 Å². The zero-order chi connectivity index (χ0) is 14.6. The van der Waals surface area contributed by atoms with Crippen LogP contribution in [0.4, 0.5) is 19.0 Å². The molecule has 0 bridgehead atoms. The Morgan fingerprint density at radius 2 is 2.21 bits per heavy atom. The molecule has 1 rings (SSSR count). The third kappa shape index (κ3) is 3.74. The van der Waals surface area contributed by atoms with Crippen LogP contribution >= 0.6 is 0 Å². The van der Waals surface area contributed by atoms with Crippen molar-refractivity contribution in [3.63, 3.8) is 0 Å². The number of nitrogen functional groups attached to an aromatic ring is 1. The van der Waals surface area contributed by atoms with Crippen molar-refractivity contribution in [2.45, 2.75) is 13.3 Å². The zero-order valence-corrected chi connectivity index (χ0v) is 9.61. The smallest absolute Gasteiger partial charge is 0.462 e. The van der Waals surface area contributed by atoms with Gasteiger partial charge >= 0.3 is 12.3 Å². The van der Waals surface area contributed by atoms with Crippen LogP contribution in [0.15, 0.2) is 6.07 Å². The van der Waals surface area contributed by atoms with Crippen LogP contribution in [-0.2, 0) is 4.74 Å². The second-order valence-electron chi connectivity index (χ2n) is 3.15. The predicted molar refractivity (Wildman–Crippen MR) is 56.0 cm³/mol. The Morgan fingerprint density at radius 3 is 2.68 bits per heavy atom. The van der Waals surface area contributed by atoms with Gasteiger partial charge in [0.2, 0.25) is 5.88 Å². The monoisotopic (exact) mass is 275 g/mol. The first-order valence-corrected chi connectivity index (χ1v) is 4.92. The highest BCUT2D eigenvalue weighted by Crippen LogP contribution is 2.28. The summed E-state index contributed by atoms with van der Waals surface area (Å²) in [6, 6.07) is 2.35. The number of nitrogens with zero attached hydrogens (tertiary/aromatic N) is 2. The molecule has 0 aromatic carbocycles. The average Bonchev–Trinajstić information content (AvgIpc) is 2.26. The van der Waals surface area contributed by atoms with Gasteiger partial charge in [-0.1, -0.05) is 0 Å². The normalized spacial score (nSPS) is 10.7. The van der Waals surface area contributed by atoms with Gasteiger partial charge in [-0.15, -0.1) is 13.2 Å². The Morgan fingerprint density at radius 1 is 1.58 bits per heavy atom. The van der Waals surface area contributed by atoms with E-state index in [1.54, 1.807) is 0 Å². The van der Waals surface area contributed by atoms with Crippen molar-refractivity contribution in [3.8, 4) is 11.9 Å². The van der Waals surface area contributed by atoms with Crippen molar-refractivity contribution in [1.29, 1.82) is 5.26 Å². The second-order valence-corrected chi connectivity index (χ2v) is 3.15. The molecule has 0 spiro atoms. The number of hydrogen-bond donors (Lipinski definition) is 1. The maximum atomic E-state index is 12.1. The molecule has 6 nitrogen and oxygen atoms in total. The lowest BCUT2D eigenvalue weighted by Crippen LogP contribution is -2.20. The van der Waals surface area contributed by atoms with E-state index in [0.29, 0.717) is 0 Å². The number of anilines is 1. The molecule has 9 heteroatoms. The van der Waals surface area contributed by atoms with E-state index >= 15 is 0 Å². The summed E-state index contributed by atoms with van der Waals surface area (Å²) in [5, 5.41) is 8.82. The molecule has 0 unspecified atom stereocenters. The lowest BCUT2D eigenvalue weighted by molar-refractivity contribution is -0.276. The predicted octanol–water partition coefficient (Wildman–Crippen LogP) is 1.61. The van der Waals surface area contributed by atoms with Crippen LogP contribution in [0, 0.1) is 11.3 Å². The number of aromatic nitrogens is 1. The fraction of sp³-hybridized carbons (Fsp3) is 0.300. The molecule has 0 aliphatic carbocycles. The minimum absolute atomic E-state index is 0.0125. The Labute approximate surface area is 105 Å². The molecule has 1 aromatic heterocycles. The average molecular weight is 275 g/mol. The molecule has 0 saturated carbocycles. The minimum atomic E-state index is -5.06. The van der Waals surface area contributed by atoms with Crippen LogP contribution < -0.4 is 10.5 Å². The van der Waals surface area contributed by atoms with Crippen molar-refractivity contribution in [1.82, 2.24) is 4.98 Å². The maximum absolute atomic E-state index is 12.1. The van der Waals surface area contributed by atoms with Gasteiger partial charge in [0, 0.05) is 0 Å². The van der Waals surface area contributed by atoms with Crippen molar-refractivity contribution in [2.24, 2.45) is 0 Å². The van der Waals surface area contributed by atoms with E-state index in [9.17, 15) is 18.0 Å². The molecule has 0 aliphatic rings. The van der Waals surface area contributed by atoms with Gasteiger partial charge in [0.15, 0.2) is 0 Å². The summed E-state index contributed by atoms with van der Waals surface area (Å²) in [4.78, 5) is 14.7. The summed E-state index contributed by atoms with van der Waals surface area (Å²) in [6.07, 6.45) is -5.06. The molecule has 0 atom stereocenters. The van der Waals surface area contributed by atoms with Crippen LogP contribution in [0.1, 0.15) is 22.8 Å². The first-order chi connectivity index (χ1) is 8.78. The molecule has 0 fully saturated rings. The number of nitrogens with two attached hydrogens (primary N) is 1. The van der Waals surface area contributed by atoms with Crippen molar-refractivity contribution < 1.29 is 27.4 Å². The quantitative estimate of drug-likeness (QED) is 0.841. The van der Waals surface area contributed by atoms with Crippen LogP contribution in [0.5, 0.6) is 5.88 Å². The minimum Gasteiger partial charge on any atom is -0.462 e. The molecule has 0 aliphatic heterocycles. The summed E-state index contributed by atoms with van der Waals surface area (Å²) >= 11 is 0. The van der Waals surface area contributed by atoms with E-state index in [1.165, 1.54) is 13.0 Å². The van der Waals surface area contributed by atoms with Gasteiger partial charge in [-0.3, -0.25) is 0 Å². The number of pyridine rings is 1. The fourth-order valence-electron chi connectivity index (χ4n) is 1.20. The van der Waals surface area contributed by atoms with Crippen LogP contribution in [0.3, 0.4) is 0 Å².